The zero-order valence-corrected chi connectivity index (χ0v) is 20.0. The highest BCUT2D eigenvalue weighted by Crippen LogP contribution is 2.20. The molecule has 0 spiro atoms. The van der Waals surface area contributed by atoms with E-state index in [1.54, 1.807) is 4.90 Å². The number of hydrogen-bond donors (Lipinski definition) is 1. The number of amides is 2. The first-order chi connectivity index (χ1) is 15.5. The molecule has 1 saturated carbocycles. The standard InChI is InChI=1S/C27H35ClN2O2/c1-3-20-9-11-21(12-10-20)15-18-26(31)30(19-22-13-16-23(28)17-14-22)25(4-2)27(32)29-24-7-5-6-8-24/h9-14,16-17,24-25H,3-8,15,18-19H2,1-2H3,(H,29,32). The summed E-state index contributed by atoms with van der Waals surface area (Å²) in [6.45, 7) is 4.51. The zero-order valence-electron chi connectivity index (χ0n) is 19.3. The molecule has 2 aromatic carbocycles. The van der Waals surface area contributed by atoms with Gasteiger partial charge >= 0.3 is 0 Å². The summed E-state index contributed by atoms with van der Waals surface area (Å²) in [5.41, 5.74) is 3.41. The Balaban J connectivity index is 1.73. The van der Waals surface area contributed by atoms with Crippen molar-refractivity contribution in [2.75, 3.05) is 0 Å². The molecule has 0 heterocycles. The van der Waals surface area contributed by atoms with Crippen molar-refractivity contribution in [2.45, 2.75) is 83.8 Å². The van der Waals surface area contributed by atoms with E-state index >= 15 is 0 Å². The van der Waals surface area contributed by atoms with Crippen LogP contribution in [0.25, 0.3) is 0 Å². The van der Waals surface area contributed by atoms with Crippen molar-refractivity contribution in [2.24, 2.45) is 0 Å². The Labute approximate surface area is 197 Å². The van der Waals surface area contributed by atoms with Gasteiger partial charge in [-0.25, -0.2) is 0 Å². The minimum Gasteiger partial charge on any atom is -0.352 e. The fraction of sp³-hybridized carbons (Fsp3) is 0.481. The number of benzene rings is 2. The molecular formula is C27H35ClN2O2. The number of carbonyl (C=O) groups is 2. The number of halogens is 1. The van der Waals surface area contributed by atoms with Gasteiger partial charge in [-0.3, -0.25) is 9.59 Å². The van der Waals surface area contributed by atoms with E-state index in [1.807, 2.05) is 31.2 Å². The van der Waals surface area contributed by atoms with Crippen LogP contribution in [0.3, 0.4) is 0 Å². The maximum absolute atomic E-state index is 13.4. The monoisotopic (exact) mass is 454 g/mol. The minimum atomic E-state index is -0.471. The van der Waals surface area contributed by atoms with E-state index in [1.165, 1.54) is 5.56 Å². The highest BCUT2D eigenvalue weighted by Gasteiger charge is 2.30. The molecule has 0 aliphatic heterocycles. The van der Waals surface area contributed by atoms with Crippen LogP contribution >= 0.6 is 11.6 Å². The average molecular weight is 455 g/mol. The van der Waals surface area contributed by atoms with Gasteiger partial charge in [-0.1, -0.05) is 74.7 Å². The second-order valence-electron chi connectivity index (χ2n) is 8.73. The van der Waals surface area contributed by atoms with Gasteiger partial charge in [-0.15, -0.1) is 0 Å². The third kappa shape index (κ3) is 6.83. The quantitative estimate of drug-likeness (QED) is 0.500. The summed E-state index contributed by atoms with van der Waals surface area (Å²) in [7, 11) is 0. The van der Waals surface area contributed by atoms with Gasteiger partial charge in [0.2, 0.25) is 11.8 Å². The Hall–Kier alpha value is -2.33. The number of nitrogens with one attached hydrogen (secondary N) is 1. The van der Waals surface area contributed by atoms with Crippen molar-refractivity contribution >= 4 is 23.4 Å². The summed E-state index contributed by atoms with van der Waals surface area (Å²) >= 11 is 6.04. The average Bonchev–Trinajstić information content (AvgIpc) is 3.32. The molecule has 0 aromatic heterocycles. The van der Waals surface area contributed by atoms with Crippen LogP contribution in [0.15, 0.2) is 48.5 Å². The number of carbonyl (C=O) groups excluding carboxylic acids is 2. The van der Waals surface area contributed by atoms with E-state index in [0.29, 0.717) is 30.8 Å². The van der Waals surface area contributed by atoms with Gasteiger partial charge in [0, 0.05) is 24.0 Å². The van der Waals surface area contributed by atoms with Crippen LogP contribution in [0.1, 0.15) is 69.1 Å². The lowest BCUT2D eigenvalue weighted by Crippen LogP contribution is -2.51. The Morgan fingerprint density at radius 3 is 2.16 bits per heavy atom. The highest BCUT2D eigenvalue weighted by atomic mass is 35.5. The van der Waals surface area contributed by atoms with E-state index < -0.39 is 6.04 Å². The third-order valence-corrected chi connectivity index (χ3v) is 6.66. The topological polar surface area (TPSA) is 49.4 Å². The summed E-state index contributed by atoms with van der Waals surface area (Å²) in [6.07, 6.45) is 7.01. The molecule has 2 aromatic rings. The maximum atomic E-state index is 13.4. The van der Waals surface area contributed by atoms with Gasteiger partial charge in [0.15, 0.2) is 0 Å². The molecule has 1 aliphatic carbocycles. The molecule has 1 fully saturated rings. The summed E-state index contributed by atoms with van der Waals surface area (Å²) in [4.78, 5) is 28.3. The molecule has 5 heteroatoms. The Bertz CT molecular complexity index is 874. The largest absolute Gasteiger partial charge is 0.352 e. The summed E-state index contributed by atoms with van der Waals surface area (Å²) in [6, 6.07) is 15.7. The van der Waals surface area contributed by atoms with Crippen molar-refractivity contribution in [1.29, 1.82) is 0 Å². The normalized spacial score (nSPS) is 14.8. The number of hydrogen-bond acceptors (Lipinski definition) is 2. The van der Waals surface area contributed by atoms with Crippen LogP contribution in [-0.4, -0.2) is 28.8 Å². The lowest BCUT2D eigenvalue weighted by Gasteiger charge is -2.31. The predicted octanol–water partition coefficient (Wildman–Crippen LogP) is 5.70. The minimum absolute atomic E-state index is 0.00735. The first-order valence-electron chi connectivity index (χ1n) is 11.9. The molecule has 1 N–H and O–H groups in total. The maximum Gasteiger partial charge on any atom is 0.243 e. The molecule has 1 atom stereocenters. The number of rotatable bonds is 10. The SMILES string of the molecule is CCc1ccc(CCC(=O)N(Cc2ccc(Cl)cc2)C(CC)C(=O)NC2CCCC2)cc1. The summed E-state index contributed by atoms with van der Waals surface area (Å²) < 4.78 is 0. The van der Waals surface area contributed by atoms with E-state index in [4.69, 9.17) is 11.6 Å². The van der Waals surface area contributed by atoms with Crippen LogP contribution in [0.2, 0.25) is 5.02 Å². The molecule has 32 heavy (non-hydrogen) atoms. The Morgan fingerprint density at radius 2 is 1.56 bits per heavy atom. The molecule has 1 aliphatic rings. The van der Waals surface area contributed by atoms with E-state index in [9.17, 15) is 9.59 Å². The molecule has 2 amide bonds. The first kappa shape index (κ1) is 24.3. The fourth-order valence-corrected chi connectivity index (χ4v) is 4.54. The zero-order chi connectivity index (χ0) is 22.9. The van der Waals surface area contributed by atoms with Gasteiger partial charge in [-0.05, 0) is 60.9 Å². The van der Waals surface area contributed by atoms with Gasteiger partial charge in [0.25, 0.3) is 0 Å². The van der Waals surface area contributed by atoms with Crippen LogP contribution < -0.4 is 5.32 Å². The van der Waals surface area contributed by atoms with Gasteiger partial charge in [0.05, 0.1) is 0 Å². The fourth-order valence-electron chi connectivity index (χ4n) is 4.41. The highest BCUT2D eigenvalue weighted by molar-refractivity contribution is 6.30. The van der Waals surface area contributed by atoms with Crippen LogP contribution in [0.4, 0.5) is 0 Å². The molecular weight excluding hydrogens is 420 g/mol. The van der Waals surface area contributed by atoms with Gasteiger partial charge in [-0.2, -0.15) is 0 Å². The van der Waals surface area contributed by atoms with E-state index in [2.05, 4.69) is 36.5 Å². The molecule has 0 bridgehead atoms. The van der Waals surface area contributed by atoms with Gasteiger partial charge in [0.1, 0.15) is 6.04 Å². The Kier molecular flexibility index (Phi) is 9.16. The van der Waals surface area contributed by atoms with Crippen molar-refractivity contribution in [3.63, 3.8) is 0 Å². The van der Waals surface area contributed by atoms with Crippen molar-refractivity contribution in [1.82, 2.24) is 10.2 Å². The third-order valence-electron chi connectivity index (χ3n) is 6.41. The first-order valence-corrected chi connectivity index (χ1v) is 12.3. The van der Waals surface area contributed by atoms with Crippen molar-refractivity contribution in [3.8, 4) is 0 Å². The van der Waals surface area contributed by atoms with Crippen LogP contribution in [0, 0.1) is 0 Å². The molecule has 172 valence electrons. The lowest BCUT2D eigenvalue weighted by molar-refractivity contribution is -0.141. The molecule has 0 saturated heterocycles. The number of aryl methyl sites for hydroxylation is 2. The van der Waals surface area contributed by atoms with Crippen LogP contribution in [0.5, 0.6) is 0 Å². The predicted molar refractivity (Wildman–Crippen MR) is 131 cm³/mol. The lowest BCUT2D eigenvalue weighted by atomic mass is 10.0. The smallest absolute Gasteiger partial charge is 0.243 e. The van der Waals surface area contributed by atoms with Gasteiger partial charge < -0.3 is 10.2 Å². The molecule has 0 radical (unpaired) electrons. The Morgan fingerprint density at radius 1 is 0.969 bits per heavy atom. The summed E-state index contributed by atoms with van der Waals surface area (Å²) in [5, 5.41) is 3.85. The van der Waals surface area contributed by atoms with Crippen molar-refractivity contribution in [3.05, 3.63) is 70.2 Å². The number of nitrogens with zero attached hydrogens (tertiary/aromatic N) is 1. The van der Waals surface area contributed by atoms with E-state index in [0.717, 1.165) is 43.2 Å². The molecule has 1 unspecified atom stereocenters. The second kappa shape index (κ2) is 12.1. The summed E-state index contributed by atoms with van der Waals surface area (Å²) in [5.74, 6) is -0.0260. The second-order valence-corrected chi connectivity index (χ2v) is 9.17. The van der Waals surface area contributed by atoms with Crippen molar-refractivity contribution < 1.29 is 9.59 Å². The van der Waals surface area contributed by atoms with Crippen LogP contribution in [-0.2, 0) is 29.0 Å². The molecule has 4 nitrogen and oxygen atoms in total. The van der Waals surface area contributed by atoms with E-state index in [-0.39, 0.29) is 17.9 Å². The molecule has 3 rings (SSSR count).